The third kappa shape index (κ3) is 2.20. The number of anilines is 1. The van der Waals surface area contributed by atoms with Gasteiger partial charge < -0.3 is 15.0 Å². The van der Waals surface area contributed by atoms with Crippen molar-refractivity contribution in [2.45, 2.75) is 39.7 Å². The largest absolute Gasteiger partial charge is 0.487 e. The number of nitrogens with one attached hydrogen (secondary N) is 1. The Labute approximate surface area is 115 Å². The molecule has 3 rings (SSSR count). The maximum atomic E-state index is 6.09. The number of nitrogens with zero attached hydrogens (tertiary/aromatic N) is 1. The highest BCUT2D eigenvalue weighted by Crippen LogP contribution is 2.40. The van der Waals surface area contributed by atoms with Gasteiger partial charge in [-0.15, -0.1) is 0 Å². The molecule has 0 bridgehead atoms. The molecular formula is C16H24N2O. The first-order valence-corrected chi connectivity index (χ1v) is 7.48. The lowest BCUT2D eigenvalue weighted by Crippen LogP contribution is -2.39. The lowest BCUT2D eigenvalue weighted by atomic mass is 9.94. The Bertz CT molecular complexity index is 484. The van der Waals surface area contributed by atoms with Crippen LogP contribution >= 0.6 is 0 Å². The summed E-state index contributed by atoms with van der Waals surface area (Å²) in [5.41, 5.74) is 5.79. The Kier molecular flexibility index (Phi) is 3.40. The molecule has 104 valence electrons. The number of benzene rings is 1. The SMILES string of the molecule is CCN1CC(C)Oc2cc3c(c(C)c21)CCNCC3. The molecule has 0 saturated carbocycles. The molecule has 0 radical (unpaired) electrons. The van der Waals surface area contributed by atoms with Gasteiger partial charge in [0.2, 0.25) is 0 Å². The summed E-state index contributed by atoms with van der Waals surface area (Å²) < 4.78 is 6.09. The van der Waals surface area contributed by atoms with E-state index in [1.54, 1.807) is 5.56 Å². The third-order valence-corrected chi connectivity index (χ3v) is 4.36. The zero-order valence-electron chi connectivity index (χ0n) is 12.3. The molecule has 1 atom stereocenters. The minimum absolute atomic E-state index is 0.286. The number of hydrogen-bond acceptors (Lipinski definition) is 3. The molecule has 2 heterocycles. The molecule has 1 aromatic carbocycles. The van der Waals surface area contributed by atoms with Gasteiger partial charge in [0.15, 0.2) is 0 Å². The normalized spacial score (nSPS) is 22.3. The second-order valence-electron chi connectivity index (χ2n) is 5.70. The summed E-state index contributed by atoms with van der Waals surface area (Å²) in [4.78, 5) is 2.47. The summed E-state index contributed by atoms with van der Waals surface area (Å²) in [6.07, 6.45) is 2.54. The van der Waals surface area contributed by atoms with Crippen molar-refractivity contribution in [3.63, 3.8) is 0 Å². The first-order valence-electron chi connectivity index (χ1n) is 7.48. The Morgan fingerprint density at radius 1 is 1.37 bits per heavy atom. The maximum Gasteiger partial charge on any atom is 0.143 e. The van der Waals surface area contributed by atoms with Gasteiger partial charge in [-0.2, -0.15) is 0 Å². The number of rotatable bonds is 1. The summed E-state index contributed by atoms with van der Waals surface area (Å²) in [6, 6.07) is 2.29. The highest BCUT2D eigenvalue weighted by Gasteiger charge is 2.26. The van der Waals surface area contributed by atoms with Crippen LogP contribution in [0, 0.1) is 6.92 Å². The van der Waals surface area contributed by atoms with Gasteiger partial charge in [-0.25, -0.2) is 0 Å². The second-order valence-corrected chi connectivity index (χ2v) is 5.70. The molecule has 1 unspecified atom stereocenters. The van der Waals surface area contributed by atoms with Crippen LogP contribution in [0.15, 0.2) is 6.07 Å². The van der Waals surface area contributed by atoms with Gasteiger partial charge in [-0.3, -0.25) is 0 Å². The molecule has 2 aliphatic rings. The van der Waals surface area contributed by atoms with Crippen molar-refractivity contribution < 1.29 is 4.74 Å². The fraction of sp³-hybridized carbons (Fsp3) is 0.625. The Morgan fingerprint density at radius 3 is 2.95 bits per heavy atom. The second kappa shape index (κ2) is 5.04. The summed E-state index contributed by atoms with van der Waals surface area (Å²) in [7, 11) is 0. The smallest absolute Gasteiger partial charge is 0.143 e. The van der Waals surface area contributed by atoms with Gasteiger partial charge in [0.05, 0.1) is 12.2 Å². The summed E-state index contributed by atoms with van der Waals surface area (Å²) in [5.74, 6) is 1.10. The Balaban J connectivity index is 2.12. The average Bonchev–Trinajstić information content (AvgIpc) is 2.63. The monoisotopic (exact) mass is 260 g/mol. The van der Waals surface area contributed by atoms with Crippen molar-refractivity contribution in [2.75, 3.05) is 31.1 Å². The first-order chi connectivity index (χ1) is 9.20. The van der Waals surface area contributed by atoms with E-state index in [0.717, 1.165) is 44.8 Å². The highest BCUT2D eigenvalue weighted by molar-refractivity contribution is 5.69. The predicted molar refractivity (Wildman–Crippen MR) is 79.4 cm³/mol. The van der Waals surface area contributed by atoms with Gasteiger partial charge in [0.25, 0.3) is 0 Å². The summed E-state index contributed by atoms with van der Waals surface area (Å²) in [6.45, 7) is 10.9. The van der Waals surface area contributed by atoms with Gasteiger partial charge in [-0.05, 0) is 69.5 Å². The Morgan fingerprint density at radius 2 is 2.16 bits per heavy atom. The molecule has 1 aromatic rings. The van der Waals surface area contributed by atoms with E-state index in [9.17, 15) is 0 Å². The Hall–Kier alpha value is -1.22. The maximum absolute atomic E-state index is 6.09. The molecule has 0 amide bonds. The van der Waals surface area contributed by atoms with E-state index >= 15 is 0 Å². The van der Waals surface area contributed by atoms with Crippen molar-refractivity contribution in [3.8, 4) is 5.75 Å². The zero-order chi connectivity index (χ0) is 13.4. The van der Waals surface area contributed by atoms with Gasteiger partial charge in [0.1, 0.15) is 11.9 Å². The molecule has 2 aliphatic heterocycles. The molecule has 0 aromatic heterocycles. The number of likely N-dealkylation sites (N-methyl/N-ethyl adjacent to an activating group) is 1. The van der Waals surface area contributed by atoms with Crippen LogP contribution in [0.4, 0.5) is 5.69 Å². The number of fused-ring (bicyclic) bond motifs is 2. The fourth-order valence-electron chi connectivity index (χ4n) is 3.44. The van der Waals surface area contributed by atoms with Gasteiger partial charge in [0, 0.05) is 6.54 Å². The summed E-state index contributed by atoms with van der Waals surface area (Å²) in [5, 5.41) is 3.49. The minimum Gasteiger partial charge on any atom is -0.487 e. The molecule has 3 heteroatoms. The molecule has 19 heavy (non-hydrogen) atoms. The van der Waals surface area contributed by atoms with Gasteiger partial charge >= 0.3 is 0 Å². The van der Waals surface area contributed by atoms with E-state index in [2.05, 4.69) is 37.1 Å². The van der Waals surface area contributed by atoms with Crippen LogP contribution in [0.5, 0.6) is 5.75 Å². The molecule has 0 spiro atoms. The van der Waals surface area contributed by atoms with E-state index in [1.807, 2.05) is 0 Å². The molecular weight excluding hydrogens is 236 g/mol. The zero-order valence-corrected chi connectivity index (χ0v) is 12.3. The number of ether oxygens (including phenoxy) is 1. The van der Waals surface area contributed by atoms with Crippen LogP contribution in [-0.4, -0.2) is 32.3 Å². The van der Waals surface area contributed by atoms with Crippen molar-refractivity contribution in [1.29, 1.82) is 0 Å². The quantitative estimate of drug-likeness (QED) is 0.838. The van der Waals surface area contributed by atoms with Crippen LogP contribution in [0.2, 0.25) is 0 Å². The van der Waals surface area contributed by atoms with Crippen LogP contribution in [-0.2, 0) is 12.8 Å². The topological polar surface area (TPSA) is 24.5 Å². The van der Waals surface area contributed by atoms with Crippen LogP contribution in [0.25, 0.3) is 0 Å². The average molecular weight is 260 g/mol. The van der Waals surface area contributed by atoms with Crippen molar-refractivity contribution in [2.24, 2.45) is 0 Å². The van der Waals surface area contributed by atoms with E-state index < -0.39 is 0 Å². The van der Waals surface area contributed by atoms with Crippen LogP contribution in [0.1, 0.15) is 30.5 Å². The van der Waals surface area contributed by atoms with Crippen LogP contribution < -0.4 is 15.0 Å². The van der Waals surface area contributed by atoms with Gasteiger partial charge in [-0.1, -0.05) is 0 Å². The predicted octanol–water partition coefficient (Wildman–Crippen LogP) is 2.29. The van der Waals surface area contributed by atoms with Crippen molar-refractivity contribution in [1.82, 2.24) is 5.32 Å². The standard InChI is InChI=1S/C16H24N2O/c1-4-18-10-11(2)19-15-9-13-5-7-17-8-6-14(13)12(3)16(15)18/h9,11,17H,4-8,10H2,1-3H3. The fourth-order valence-corrected chi connectivity index (χ4v) is 3.44. The minimum atomic E-state index is 0.286. The lowest BCUT2D eigenvalue weighted by molar-refractivity contribution is 0.212. The summed E-state index contributed by atoms with van der Waals surface area (Å²) >= 11 is 0. The van der Waals surface area contributed by atoms with Crippen molar-refractivity contribution >= 4 is 5.69 Å². The van der Waals surface area contributed by atoms with E-state index in [1.165, 1.54) is 16.8 Å². The van der Waals surface area contributed by atoms with Crippen molar-refractivity contribution in [3.05, 3.63) is 22.8 Å². The van der Waals surface area contributed by atoms with Crippen LogP contribution in [0.3, 0.4) is 0 Å². The molecule has 0 fully saturated rings. The van der Waals surface area contributed by atoms with E-state index in [4.69, 9.17) is 4.74 Å². The lowest BCUT2D eigenvalue weighted by Gasteiger charge is -2.36. The molecule has 1 N–H and O–H groups in total. The molecule has 3 nitrogen and oxygen atoms in total. The highest BCUT2D eigenvalue weighted by atomic mass is 16.5. The van der Waals surface area contributed by atoms with E-state index in [-0.39, 0.29) is 6.10 Å². The molecule has 0 aliphatic carbocycles. The first kappa shape index (κ1) is 12.8. The van der Waals surface area contributed by atoms with E-state index in [0.29, 0.717) is 0 Å². The number of hydrogen-bond donors (Lipinski definition) is 1. The molecule has 0 saturated heterocycles. The third-order valence-electron chi connectivity index (χ3n) is 4.36.